The highest BCUT2D eigenvalue weighted by molar-refractivity contribution is 5.30. The first kappa shape index (κ1) is 17.3. The number of hydrogen-bond donors (Lipinski definition) is 0. The van der Waals surface area contributed by atoms with Crippen LogP contribution in [0.1, 0.15) is 24.8 Å². The summed E-state index contributed by atoms with van der Waals surface area (Å²) in [7, 11) is 2.15. The molecule has 0 saturated carbocycles. The predicted octanol–water partition coefficient (Wildman–Crippen LogP) is 2.27. The van der Waals surface area contributed by atoms with Crippen LogP contribution in [0.25, 0.3) is 0 Å². The number of rotatable bonds is 4. The zero-order valence-corrected chi connectivity index (χ0v) is 15.0. The summed E-state index contributed by atoms with van der Waals surface area (Å²) in [6, 6.07) is 4.50. The SMILES string of the molecule is CN(Cc1cccnc1)[C@@H]1COC2(CCN(c3ncc(F)cn3)CC2)C1. The molecule has 0 aliphatic carbocycles. The van der Waals surface area contributed by atoms with Crippen molar-refractivity contribution in [2.24, 2.45) is 0 Å². The quantitative estimate of drug-likeness (QED) is 0.837. The van der Waals surface area contributed by atoms with Gasteiger partial charge in [-0.15, -0.1) is 0 Å². The average Bonchev–Trinajstić information content (AvgIpc) is 3.08. The minimum Gasteiger partial charge on any atom is -0.373 e. The van der Waals surface area contributed by atoms with Crippen molar-refractivity contribution in [1.82, 2.24) is 19.9 Å². The smallest absolute Gasteiger partial charge is 0.225 e. The lowest BCUT2D eigenvalue weighted by Gasteiger charge is -2.38. The van der Waals surface area contributed by atoms with Gasteiger partial charge in [0.2, 0.25) is 5.95 Å². The fourth-order valence-electron chi connectivity index (χ4n) is 3.94. The first-order valence-electron chi connectivity index (χ1n) is 9.09. The van der Waals surface area contributed by atoms with E-state index in [4.69, 9.17) is 4.74 Å². The van der Waals surface area contributed by atoms with E-state index in [-0.39, 0.29) is 5.60 Å². The van der Waals surface area contributed by atoms with Gasteiger partial charge in [-0.2, -0.15) is 0 Å². The molecule has 2 aromatic rings. The van der Waals surface area contributed by atoms with Crippen LogP contribution >= 0.6 is 0 Å². The molecule has 2 aromatic heterocycles. The minimum atomic E-state index is -0.402. The summed E-state index contributed by atoms with van der Waals surface area (Å²) in [6.07, 6.45) is 9.11. The summed E-state index contributed by atoms with van der Waals surface area (Å²) in [4.78, 5) is 16.8. The third-order valence-corrected chi connectivity index (χ3v) is 5.53. The van der Waals surface area contributed by atoms with Crippen LogP contribution in [0.5, 0.6) is 0 Å². The molecule has 138 valence electrons. The molecule has 0 amide bonds. The van der Waals surface area contributed by atoms with Gasteiger partial charge in [-0.3, -0.25) is 9.88 Å². The van der Waals surface area contributed by atoms with Gasteiger partial charge in [0.25, 0.3) is 0 Å². The summed E-state index contributed by atoms with van der Waals surface area (Å²) in [5, 5.41) is 0. The molecule has 4 rings (SSSR count). The van der Waals surface area contributed by atoms with Gasteiger partial charge in [-0.05, 0) is 37.9 Å². The number of ether oxygens (including phenoxy) is 1. The maximum atomic E-state index is 13.0. The standard InChI is InChI=1S/C19H24FN5O/c1-24(13-15-3-2-6-21-10-15)17-9-19(26-14-17)4-7-25(8-5-19)18-22-11-16(20)12-23-18/h2-3,6,10-12,17H,4-5,7-9,13-14H2,1H3/t17-/m0/s1. The molecule has 2 saturated heterocycles. The number of piperidine rings is 1. The van der Waals surface area contributed by atoms with Gasteiger partial charge in [0.05, 0.1) is 24.6 Å². The third-order valence-electron chi connectivity index (χ3n) is 5.53. The van der Waals surface area contributed by atoms with Crippen LogP contribution < -0.4 is 4.90 Å². The van der Waals surface area contributed by atoms with Crippen LogP contribution in [0.3, 0.4) is 0 Å². The predicted molar refractivity (Wildman–Crippen MR) is 96.2 cm³/mol. The fraction of sp³-hybridized carbons (Fsp3) is 0.526. The van der Waals surface area contributed by atoms with Crippen molar-refractivity contribution >= 4 is 5.95 Å². The van der Waals surface area contributed by atoms with E-state index in [1.165, 1.54) is 18.0 Å². The highest BCUT2D eigenvalue weighted by Gasteiger charge is 2.44. The summed E-state index contributed by atoms with van der Waals surface area (Å²) in [6.45, 7) is 3.33. The number of likely N-dealkylation sites (N-methyl/N-ethyl adjacent to an activating group) is 1. The van der Waals surface area contributed by atoms with E-state index in [0.717, 1.165) is 45.5 Å². The first-order chi connectivity index (χ1) is 12.6. The molecule has 0 radical (unpaired) electrons. The zero-order valence-electron chi connectivity index (χ0n) is 15.0. The molecule has 6 nitrogen and oxygen atoms in total. The maximum Gasteiger partial charge on any atom is 0.225 e. The van der Waals surface area contributed by atoms with Crippen molar-refractivity contribution in [3.05, 3.63) is 48.3 Å². The molecular formula is C19H24FN5O. The molecule has 0 unspecified atom stereocenters. The molecule has 0 bridgehead atoms. The number of anilines is 1. The number of aromatic nitrogens is 3. The molecule has 1 atom stereocenters. The molecule has 2 aliphatic rings. The summed E-state index contributed by atoms with van der Waals surface area (Å²) < 4.78 is 19.3. The normalized spacial score (nSPS) is 22.3. The second-order valence-electron chi connectivity index (χ2n) is 7.32. The summed E-state index contributed by atoms with van der Waals surface area (Å²) >= 11 is 0. The molecule has 2 aliphatic heterocycles. The van der Waals surface area contributed by atoms with Gasteiger partial charge in [0, 0.05) is 38.1 Å². The summed E-state index contributed by atoms with van der Waals surface area (Å²) in [5.74, 6) is 0.199. The van der Waals surface area contributed by atoms with Crippen molar-refractivity contribution in [2.75, 3.05) is 31.6 Å². The number of hydrogen-bond acceptors (Lipinski definition) is 6. The van der Waals surface area contributed by atoms with Gasteiger partial charge in [-0.25, -0.2) is 14.4 Å². The number of nitrogens with zero attached hydrogens (tertiary/aromatic N) is 5. The lowest BCUT2D eigenvalue weighted by atomic mass is 9.87. The van der Waals surface area contributed by atoms with E-state index < -0.39 is 5.82 Å². The Hall–Kier alpha value is -2.12. The molecule has 0 aromatic carbocycles. The van der Waals surface area contributed by atoms with Crippen LogP contribution in [0.15, 0.2) is 36.9 Å². The first-order valence-corrected chi connectivity index (χ1v) is 9.09. The monoisotopic (exact) mass is 357 g/mol. The Balaban J connectivity index is 1.33. The number of halogens is 1. The van der Waals surface area contributed by atoms with E-state index in [9.17, 15) is 4.39 Å². The second kappa shape index (κ2) is 7.25. The van der Waals surface area contributed by atoms with E-state index >= 15 is 0 Å². The topological polar surface area (TPSA) is 54.4 Å². The maximum absolute atomic E-state index is 13.0. The van der Waals surface area contributed by atoms with Crippen LogP contribution in [-0.4, -0.2) is 58.2 Å². The summed E-state index contributed by atoms with van der Waals surface area (Å²) in [5.41, 5.74) is 1.17. The Morgan fingerprint density at radius 1 is 1.27 bits per heavy atom. The fourth-order valence-corrected chi connectivity index (χ4v) is 3.94. The van der Waals surface area contributed by atoms with Gasteiger partial charge in [0.15, 0.2) is 5.82 Å². The largest absolute Gasteiger partial charge is 0.373 e. The Morgan fingerprint density at radius 2 is 2.04 bits per heavy atom. The molecule has 0 N–H and O–H groups in total. The Bertz CT molecular complexity index is 718. The zero-order chi connectivity index (χ0) is 18.0. The molecule has 1 spiro atoms. The minimum absolute atomic E-state index is 0.0512. The lowest BCUT2D eigenvalue weighted by Crippen LogP contribution is -2.45. The van der Waals surface area contributed by atoms with Crippen molar-refractivity contribution in [3.63, 3.8) is 0 Å². The van der Waals surface area contributed by atoms with Gasteiger partial charge in [0.1, 0.15) is 0 Å². The Morgan fingerprint density at radius 3 is 2.73 bits per heavy atom. The van der Waals surface area contributed by atoms with E-state index in [2.05, 4.69) is 37.9 Å². The van der Waals surface area contributed by atoms with Crippen LogP contribution in [-0.2, 0) is 11.3 Å². The van der Waals surface area contributed by atoms with Crippen molar-refractivity contribution in [3.8, 4) is 0 Å². The highest BCUT2D eigenvalue weighted by Crippen LogP contribution is 2.38. The molecule has 4 heterocycles. The molecule has 26 heavy (non-hydrogen) atoms. The van der Waals surface area contributed by atoms with Crippen LogP contribution in [0, 0.1) is 5.82 Å². The Labute approximate surface area is 153 Å². The lowest BCUT2D eigenvalue weighted by molar-refractivity contribution is -0.0159. The second-order valence-corrected chi connectivity index (χ2v) is 7.32. The van der Waals surface area contributed by atoms with Gasteiger partial charge in [-0.1, -0.05) is 6.07 Å². The van der Waals surface area contributed by atoms with Gasteiger partial charge < -0.3 is 9.64 Å². The average molecular weight is 357 g/mol. The highest BCUT2D eigenvalue weighted by atomic mass is 19.1. The third kappa shape index (κ3) is 3.68. The van der Waals surface area contributed by atoms with Gasteiger partial charge >= 0.3 is 0 Å². The molecule has 2 fully saturated rings. The van der Waals surface area contributed by atoms with Crippen molar-refractivity contribution in [1.29, 1.82) is 0 Å². The van der Waals surface area contributed by atoms with E-state index in [1.807, 2.05) is 12.3 Å². The van der Waals surface area contributed by atoms with Crippen LogP contribution in [0.2, 0.25) is 0 Å². The van der Waals surface area contributed by atoms with Crippen molar-refractivity contribution in [2.45, 2.75) is 37.5 Å². The number of pyridine rings is 1. The van der Waals surface area contributed by atoms with Crippen LogP contribution in [0.4, 0.5) is 10.3 Å². The van der Waals surface area contributed by atoms with E-state index in [1.54, 1.807) is 6.20 Å². The van der Waals surface area contributed by atoms with E-state index in [0.29, 0.717) is 12.0 Å². The molecular weight excluding hydrogens is 333 g/mol. The molecule has 7 heteroatoms. The van der Waals surface area contributed by atoms with Crippen molar-refractivity contribution < 1.29 is 9.13 Å². The Kier molecular flexibility index (Phi) is 4.82.